The predicted molar refractivity (Wildman–Crippen MR) is 108 cm³/mol. The molecule has 0 saturated carbocycles. The first-order valence-corrected chi connectivity index (χ1v) is 10.3. The lowest BCUT2D eigenvalue weighted by Gasteiger charge is -2.12. The number of nitrogens with zero attached hydrogens (tertiary/aromatic N) is 4. The Morgan fingerprint density at radius 1 is 1.21 bits per heavy atom. The van der Waals surface area contributed by atoms with Gasteiger partial charge in [0.2, 0.25) is 5.78 Å². The zero-order chi connectivity index (χ0) is 19.3. The van der Waals surface area contributed by atoms with Crippen LogP contribution in [0, 0.1) is 6.92 Å². The Balaban J connectivity index is 1.69. The molecular formula is C20H20N4O3S. The van der Waals surface area contributed by atoms with Crippen molar-refractivity contribution in [2.24, 2.45) is 0 Å². The summed E-state index contributed by atoms with van der Waals surface area (Å²) in [5.41, 5.74) is 2.43. The van der Waals surface area contributed by atoms with E-state index in [1.807, 2.05) is 42.6 Å². The maximum atomic E-state index is 13.1. The Bertz CT molecular complexity index is 1270. The lowest BCUT2D eigenvalue weighted by Crippen LogP contribution is -2.29. The van der Waals surface area contributed by atoms with E-state index in [1.165, 1.54) is 16.0 Å². The number of rotatable bonds is 4. The zero-order valence-electron chi connectivity index (χ0n) is 15.5. The summed E-state index contributed by atoms with van der Waals surface area (Å²) in [6, 6.07) is 9.82. The molecule has 144 valence electrons. The van der Waals surface area contributed by atoms with Gasteiger partial charge >= 0.3 is 5.69 Å². The van der Waals surface area contributed by atoms with Gasteiger partial charge in [0.15, 0.2) is 0 Å². The molecule has 0 amide bonds. The predicted octanol–water partition coefficient (Wildman–Crippen LogP) is 2.41. The van der Waals surface area contributed by atoms with Gasteiger partial charge in [-0.15, -0.1) is 16.4 Å². The van der Waals surface area contributed by atoms with Crippen LogP contribution in [0.5, 0.6) is 0 Å². The third kappa shape index (κ3) is 2.80. The van der Waals surface area contributed by atoms with Crippen LogP contribution in [0.2, 0.25) is 0 Å². The van der Waals surface area contributed by atoms with Gasteiger partial charge in [-0.05, 0) is 36.8 Å². The van der Waals surface area contributed by atoms with Crippen molar-refractivity contribution in [3.05, 3.63) is 67.7 Å². The van der Waals surface area contributed by atoms with Gasteiger partial charge in [0.25, 0.3) is 5.56 Å². The number of thiophene rings is 1. The van der Waals surface area contributed by atoms with Crippen molar-refractivity contribution in [3.63, 3.8) is 0 Å². The molecule has 1 aliphatic heterocycles. The monoisotopic (exact) mass is 396 g/mol. The van der Waals surface area contributed by atoms with Crippen molar-refractivity contribution < 1.29 is 4.74 Å². The summed E-state index contributed by atoms with van der Waals surface area (Å²) in [4.78, 5) is 26.2. The summed E-state index contributed by atoms with van der Waals surface area (Å²) in [5, 5.41) is 6.38. The van der Waals surface area contributed by atoms with Crippen LogP contribution in [-0.2, 0) is 17.8 Å². The maximum Gasteiger partial charge on any atom is 0.352 e. The first-order chi connectivity index (χ1) is 13.6. The summed E-state index contributed by atoms with van der Waals surface area (Å²) < 4.78 is 10.9. The quantitative estimate of drug-likeness (QED) is 0.531. The second kappa shape index (κ2) is 6.72. The van der Waals surface area contributed by atoms with Crippen molar-refractivity contribution in [3.8, 4) is 0 Å². The number of benzene rings is 1. The standard InChI is InChI=1S/C20H20N4O3S/c1-13-4-6-14(7-5-13)11-23-20(26)24-16-8-10-28-17(16)18(25)22(19(24)21-23)12-15-3-2-9-27-15/h4-8,10,15H,2-3,9,11-12H2,1H3/t15-/m1/s1. The molecule has 4 aromatic rings. The molecule has 0 radical (unpaired) electrons. The topological polar surface area (TPSA) is 70.5 Å². The minimum absolute atomic E-state index is 0.0173. The van der Waals surface area contributed by atoms with Crippen molar-refractivity contribution in [2.75, 3.05) is 6.61 Å². The molecular weight excluding hydrogens is 376 g/mol. The second-order valence-corrected chi connectivity index (χ2v) is 8.16. The van der Waals surface area contributed by atoms with Gasteiger partial charge in [0.05, 0.1) is 24.7 Å². The lowest BCUT2D eigenvalue weighted by atomic mass is 10.1. The normalized spacial score (nSPS) is 17.1. The number of fused-ring (bicyclic) bond motifs is 3. The van der Waals surface area contributed by atoms with E-state index in [-0.39, 0.29) is 17.4 Å². The van der Waals surface area contributed by atoms with E-state index in [9.17, 15) is 9.59 Å². The third-order valence-corrected chi connectivity index (χ3v) is 6.14. The van der Waals surface area contributed by atoms with Gasteiger partial charge in [-0.3, -0.25) is 9.36 Å². The van der Waals surface area contributed by atoms with Crippen LogP contribution >= 0.6 is 11.3 Å². The molecule has 3 aromatic heterocycles. The number of aromatic nitrogens is 4. The van der Waals surface area contributed by atoms with E-state index in [0.29, 0.717) is 35.7 Å². The summed E-state index contributed by atoms with van der Waals surface area (Å²) in [7, 11) is 0. The molecule has 1 saturated heterocycles. The molecule has 7 nitrogen and oxygen atoms in total. The maximum absolute atomic E-state index is 13.1. The van der Waals surface area contributed by atoms with Crippen LogP contribution in [0.3, 0.4) is 0 Å². The average molecular weight is 396 g/mol. The number of aryl methyl sites for hydroxylation is 1. The van der Waals surface area contributed by atoms with Gasteiger partial charge in [0, 0.05) is 6.61 Å². The molecule has 0 bridgehead atoms. The Morgan fingerprint density at radius 2 is 2.04 bits per heavy atom. The lowest BCUT2D eigenvalue weighted by molar-refractivity contribution is 0.0969. The Labute approximate surface area is 164 Å². The highest BCUT2D eigenvalue weighted by atomic mass is 32.1. The summed E-state index contributed by atoms with van der Waals surface area (Å²) in [6.07, 6.45) is 1.89. The Morgan fingerprint density at radius 3 is 2.79 bits per heavy atom. The van der Waals surface area contributed by atoms with Crippen molar-refractivity contribution in [2.45, 2.75) is 39.0 Å². The molecule has 0 spiro atoms. The van der Waals surface area contributed by atoms with Crippen molar-refractivity contribution in [1.29, 1.82) is 0 Å². The fraction of sp³-hybridized carbons (Fsp3) is 0.350. The van der Waals surface area contributed by atoms with E-state index in [2.05, 4.69) is 5.10 Å². The second-order valence-electron chi connectivity index (χ2n) is 7.25. The smallest absolute Gasteiger partial charge is 0.352 e. The zero-order valence-corrected chi connectivity index (χ0v) is 16.3. The SMILES string of the molecule is Cc1ccc(Cn2nc3n(C[C@H]4CCCO4)c(=O)c4sccc4n3c2=O)cc1. The van der Waals surface area contributed by atoms with Crippen LogP contribution in [0.4, 0.5) is 0 Å². The molecule has 0 unspecified atom stereocenters. The fourth-order valence-electron chi connectivity index (χ4n) is 3.76. The number of hydrogen-bond donors (Lipinski definition) is 0. The largest absolute Gasteiger partial charge is 0.376 e. The molecule has 1 aliphatic rings. The highest BCUT2D eigenvalue weighted by molar-refractivity contribution is 7.17. The Kier molecular flexibility index (Phi) is 4.17. The summed E-state index contributed by atoms with van der Waals surface area (Å²) >= 11 is 1.35. The van der Waals surface area contributed by atoms with Crippen molar-refractivity contribution in [1.82, 2.24) is 18.7 Å². The first-order valence-electron chi connectivity index (χ1n) is 9.38. The molecule has 0 N–H and O–H groups in total. The average Bonchev–Trinajstić information content (AvgIpc) is 3.42. The van der Waals surface area contributed by atoms with E-state index in [1.54, 1.807) is 8.97 Å². The van der Waals surface area contributed by atoms with Gasteiger partial charge in [-0.25, -0.2) is 13.9 Å². The first kappa shape index (κ1) is 17.4. The van der Waals surface area contributed by atoms with Crippen LogP contribution in [-0.4, -0.2) is 31.5 Å². The van der Waals surface area contributed by atoms with Crippen LogP contribution < -0.4 is 11.2 Å². The van der Waals surface area contributed by atoms with E-state index in [4.69, 9.17) is 4.74 Å². The molecule has 1 fully saturated rings. The van der Waals surface area contributed by atoms with Crippen LogP contribution in [0.25, 0.3) is 16.0 Å². The van der Waals surface area contributed by atoms with E-state index < -0.39 is 0 Å². The Hall–Kier alpha value is -2.71. The fourth-order valence-corrected chi connectivity index (χ4v) is 4.58. The molecule has 1 aromatic carbocycles. The number of ether oxygens (including phenoxy) is 1. The highest BCUT2D eigenvalue weighted by Crippen LogP contribution is 2.19. The molecule has 0 aliphatic carbocycles. The molecule has 5 rings (SSSR count). The van der Waals surface area contributed by atoms with Gasteiger partial charge < -0.3 is 4.74 Å². The highest BCUT2D eigenvalue weighted by Gasteiger charge is 2.22. The summed E-state index contributed by atoms with van der Waals surface area (Å²) in [5.74, 6) is 0.378. The molecule has 28 heavy (non-hydrogen) atoms. The van der Waals surface area contributed by atoms with Crippen LogP contribution in [0.1, 0.15) is 24.0 Å². The molecule has 4 heterocycles. The molecule has 1 atom stereocenters. The molecule has 8 heteroatoms. The third-order valence-electron chi connectivity index (χ3n) is 5.25. The van der Waals surface area contributed by atoms with Gasteiger partial charge in [0.1, 0.15) is 4.70 Å². The minimum Gasteiger partial charge on any atom is -0.376 e. The van der Waals surface area contributed by atoms with Gasteiger partial charge in [-0.1, -0.05) is 29.8 Å². The van der Waals surface area contributed by atoms with E-state index >= 15 is 0 Å². The number of hydrogen-bond acceptors (Lipinski definition) is 5. The van der Waals surface area contributed by atoms with Crippen molar-refractivity contribution >= 4 is 27.3 Å². The van der Waals surface area contributed by atoms with Gasteiger partial charge in [-0.2, -0.15) is 0 Å². The van der Waals surface area contributed by atoms with Crippen LogP contribution in [0.15, 0.2) is 45.3 Å². The van der Waals surface area contributed by atoms with E-state index in [0.717, 1.165) is 24.0 Å². The summed E-state index contributed by atoms with van der Waals surface area (Å²) in [6.45, 7) is 3.52. The minimum atomic E-state index is -0.236.